The average molecular weight is 298 g/mol. The van der Waals surface area contributed by atoms with Gasteiger partial charge in [0, 0.05) is 13.3 Å². The van der Waals surface area contributed by atoms with Crippen LogP contribution in [0, 0.1) is 0 Å². The van der Waals surface area contributed by atoms with Crippen molar-refractivity contribution in [3.05, 3.63) is 54.4 Å². The molecule has 0 aliphatic rings. The highest BCUT2D eigenvalue weighted by Crippen LogP contribution is 2.25. The van der Waals surface area contributed by atoms with Crippen molar-refractivity contribution in [1.82, 2.24) is 9.97 Å². The molecule has 106 valence electrons. The maximum atomic E-state index is 5.18. The van der Waals surface area contributed by atoms with E-state index in [1.54, 1.807) is 24.6 Å². The molecule has 0 atom stereocenters. The second-order valence-electron chi connectivity index (χ2n) is 4.31. The molecule has 0 amide bonds. The molecule has 0 fully saturated rings. The van der Waals surface area contributed by atoms with Crippen LogP contribution in [0.5, 0.6) is 0 Å². The van der Waals surface area contributed by atoms with Crippen molar-refractivity contribution >= 4 is 32.4 Å². The molecule has 0 aliphatic heterocycles. The molecule has 0 aliphatic carbocycles. The molecule has 0 spiro atoms. The molecule has 6 heteroatoms. The van der Waals surface area contributed by atoms with Crippen LogP contribution in [-0.4, -0.2) is 29.4 Å². The zero-order valence-corrected chi connectivity index (χ0v) is 12.3. The molecule has 2 heterocycles. The van der Waals surface area contributed by atoms with E-state index in [0.717, 1.165) is 26.8 Å². The Labute approximate surface area is 126 Å². The number of hydrogen-bond acceptors (Lipinski definition) is 6. The van der Waals surface area contributed by atoms with Gasteiger partial charge in [-0.3, -0.25) is 10.4 Å². The van der Waals surface area contributed by atoms with Crippen molar-refractivity contribution < 1.29 is 4.74 Å². The first-order chi connectivity index (χ1) is 10.4. The molecule has 0 bridgehead atoms. The molecule has 1 aromatic carbocycles. The van der Waals surface area contributed by atoms with E-state index in [0.29, 0.717) is 6.61 Å². The zero-order chi connectivity index (χ0) is 14.5. The van der Waals surface area contributed by atoms with Gasteiger partial charge in [-0.05, 0) is 24.3 Å². The van der Waals surface area contributed by atoms with Gasteiger partial charge < -0.3 is 4.74 Å². The summed E-state index contributed by atoms with van der Waals surface area (Å²) in [6.45, 7) is 0.384. The minimum atomic E-state index is 0.384. The number of methoxy groups -OCH3 is 1. The highest BCUT2D eigenvalue weighted by Gasteiger charge is 2.06. The number of benzene rings is 1. The number of fused-ring (bicyclic) bond motifs is 1. The lowest BCUT2D eigenvalue weighted by molar-refractivity contribution is 0.245. The van der Waals surface area contributed by atoms with Crippen LogP contribution in [-0.2, 0) is 4.74 Å². The van der Waals surface area contributed by atoms with Crippen molar-refractivity contribution in [2.75, 3.05) is 19.1 Å². The summed E-state index contributed by atoms with van der Waals surface area (Å²) >= 11 is 1.56. The lowest BCUT2D eigenvalue weighted by atomic mass is 10.2. The summed E-state index contributed by atoms with van der Waals surface area (Å²) in [6, 6.07) is 13.7. The predicted molar refractivity (Wildman–Crippen MR) is 85.9 cm³/mol. The second-order valence-corrected chi connectivity index (χ2v) is 5.34. The molecule has 3 rings (SSSR count). The molecule has 0 unspecified atom stereocenters. The highest BCUT2D eigenvalue weighted by molar-refractivity contribution is 7.22. The Morgan fingerprint density at radius 1 is 1.24 bits per heavy atom. The fraction of sp³-hybridized carbons (Fsp3) is 0.133. The molecule has 3 aromatic rings. The van der Waals surface area contributed by atoms with Crippen LogP contribution < -0.4 is 5.43 Å². The van der Waals surface area contributed by atoms with Crippen LogP contribution in [0.3, 0.4) is 0 Å². The summed E-state index contributed by atoms with van der Waals surface area (Å²) in [4.78, 5) is 8.76. The maximum absolute atomic E-state index is 5.18. The van der Waals surface area contributed by atoms with Crippen LogP contribution in [0.15, 0.2) is 53.8 Å². The number of ether oxygens (including phenoxy) is 1. The molecular weight excluding hydrogens is 284 g/mol. The zero-order valence-electron chi connectivity index (χ0n) is 11.5. The summed E-state index contributed by atoms with van der Waals surface area (Å²) in [5.74, 6) is 0. The monoisotopic (exact) mass is 298 g/mol. The second kappa shape index (κ2) is 6.43. The van der Waals surface area contributed by atoms with Gasteiger partial charge in [-0.15, -0.1) is 0 Å². The highest BCUT2D eigenvalue weighted by atomic mass is 32.1. The van der Waals surface area contributed by atoms with Gasteiger partial charge in [-0.25, -0.2) is 4.98 Å². The van der Waals surface area contributed by atoms with E-state index in [9.17, 15) is 0 Å². The number of pyridine rings is 1. The quantitative estimate of drug-likeness (QED) is 0.580. The largest absolute Gasteiger partial charge is 0.378 e. The Balaban J connectivity index is 1.84. The third kappa shape index (κ3) is 3.24. The fourth-order valence-corrected chi connectivity index (χ4v) is 2.68. The molecule has 5 nitrogen and oxygen atoms in total. The molecule has 0 saturated carbocycles. The lowest BCUT2D eigenvalue weighted by Crippen LogP contribution is -2.12. The van der Waals surface area contributed by atoms with E-state index in [4.69, 9.17) is 4.74 Å². The molecule has 0 radical (unpaired) electrons. The van der Waals surface area contributed by atoms with Gasteiger partial charge >= 0.3 is 0 Å². The number of thiazole rings is 1. The van der Waals surface area contributed by atoms with Crippen LogP contribution in [0.25, 0.3) is 10.2 Å². The standard InChI is InChI=1S/C15H14N4OS/c1-20-10-13(11-6-4-5-9-16-11)18-19-15-17-12-7-2-3-8-14(12)21-15/h2-9H,10H2,1H3,(H,17,19)/b18-13+. The van der Waals surface area contributed by atoms with Crippen LogP contribution in [0.4, 0.5) is 5.13 Å². The van der Waals surface area contributed by atoms with Gasteiger partial charge in [-0.1, -0.05) is 29.5 Å². The summed E-state index contributed by atoms with van der Waals surface area (Å²) in [5, 5.41) is 5.13. The number of aromatic nitrogens is 2. The number of nitrogens with one attached hydrogen (secondary N) is 1. The van der Waals surface area contributed by atoms with Gasteiger partial charge in [0.05, 0.1) is 22.5 Å². The maximum Gasteiger partial charge on any atom is 0.204 e. The van der Waals surface area contributed by atoms with Crippen molar-refractivity contribution in [1.29, 1.82) is 0 Å². The Kier molecular flexibility index (Phi) is 4.18. The van der Waals surface area contributed by atoms with Gasteiger partial charge in [0.15, 0.2) is 0 Å². The Bertz CT molecular complexity index is 721. The number of nitrogens with zero attached hydrogens (tertiary/aromatic N) is 3. The van der Waals surface area contributed by atoms with Crippen molar-refractivity contribution in [3.63, 3.8) is 0 Å². The van der Waals surface area contributed by atoms with Crippen molar-refractivity contribution in [2.45, 2.75) is 0 Å². The summed E-state index contributed by atoms with van der Waals surface area (Å²) < 4.78 is 6.30. The number of para-hydroxylation sites is 1. The van der Waals surface area contributed by atoms with Gasteiger partial charge in [0.2, 0.25) is 5.13 Å². The first-order valence-corrected chi connectivity index (χ1v) is 7.27. The minimum absolute atomic E-state index is 0.384. The van der Waals surface area contributed by atoms with Gasteiger partial charge in [-0.2, -0.15) is 5.10 Å². The van der Waals surface area contributed by atoms with Gasteiger partial charge in [0.1, 0.15) is 5.71 Å². The molecule has 21 heavy (non-hydrogen) atoms. The van der Waals surface area contributed by atoms with E-state index >= 15 is 0 Å². The number of anilines is 1. The first-order valence-electron chi connectivity index (χ1n) is 6.45. The van der Waals surface area contributed by atoms with E-state index in [-0.39, 0.29) is 0 Å². The van der Waals surface area contributed by atoms with Crippen molar-refractivity contribution in [2.24, 2.45) is 5.10 Å². The lowest BCUT2D eigenvalue weighted by Gasteiger charge is -2.04. The SMILES string of the molecule is COC/C(=N\Nc1nc2ccccc2s1)c1ccccn1. The summed E-state index contributed by atoms with van der Waals surface area (Å²) in [5.41, 5.74) is 5.48. The number of hydrazone groups is 1. The van der Waals surface area contributed by atoms with Crippen molar-refractivity contribution in [3.8, 4) is 0 Å². The molecule has 2 aromatic heterocycles. The Hall–Kier alpha value is -2.31. The van der Waals surface area contributed by atoms with E-state index in [1.807, 2.05) is 42.5 Å². The number of rotatable bonds is 5. The average Bonchev–Trinajstić information content (AvgIpc) is 2.95. The third-order valence-electron chi connectivity index (χ3n) is 2.82. The fourth-order valence-electron chi connectivity index (χ4n) is 1.87. The first kappa shape index (κ1) is 13.7. The predicted octanol–water partition coefficient (Wildman–Crippen LogP) is 3.15. The molecular formula is C15H14N4OS. The third-order valence-corrected chi connectivity index (χ3v) is 3.76. The smallest absolute Gasteiger partial charge is 0.204 e. The molecule has 1 N–H and O–H groups in total. The minimum Gasteiger partial charge on any atom is -0.378 e. The van der Waals surface area contributed by atoms with Crippen LogP contribution in [0.2, 0.25) is 0 Å². The van der Waals surface area contributed by atoms with E-state index in [2.05, 4.69) is 20.5 Å². The van der Waals surface area contributed by atoms with E-state index in [1.165, 1.54) is 0 Å². The number of hydrogen-bond donors (Lipinski definition) is 1. The molecule has 0 saturated heterocycles. The van der Waals surface area contributed by atoms with E-state index < -0.39 is 0 Å². The Morgan fingerprint density at radius 2 is 2.10 bits per heavy atom. The van der Waals surface area contributed by atoms with Gasteiger partial charge in [0.25, 0.3) is 0 Å². The van der Waals surface area contributed by atoms with Crippen LogP contribution in [0.1, 0.15) is 5.69 Å². The summed E-state index contributed by atoms with van der Waals surface area (Å²) in [7, 11) is 1.64. The topological polar surface area (TPSA) is 59.4 Å². The normalized spacial score (nSPS) is 11.8. The van der Waals surface area contributed by atoms with Crippen LogP contribution >= 0.6 is 11.3 Å². The summed E-state index contributed by atoms with van der Waals surface area (Å²) in [6.07, 6.45) is 1.73. The Morgan fingerprint density at radius 3 is 2.86 bits per heavy atom.